The van der Waals surface area contributed by atoms with E-state index in [9.17, 15) is 4.79 Å². The summed E-state index contributed by atoms with van der Waals surface area (Å²) in [5, 5.41) is 2.21. The maximum absolute atomic E-state index is 14.4. The van der Waals surface area contributed by atoms with E-state index in [2.05, 4.69) is 76.9 Å². The maximum Gasteiger partial charge on any atom is 0.199 e. The zero-order chi connectivity index (χ0) is 21.3. The Morgan fingerprint density at radius 2 is 1.13 bits per heavy atom. The van der Waals surface area contributed by atoms with E-state index < -0.39 is 5.54 Å². The van der Waals surface area contributed by atoms with Crippen LogP contribution < -0.4 is 4.90 Å². The van der Waals surface area contributed by atoms with Crippen molar-refractivity contribution in [1.82, 2.24) is 9.13 Å². The maximum atomic E-state index is 14.4. The second-order valence-corrected chi connectivity index (χ2v) is 8.46. The highest BCUT2D eigenvalue weighted by atomic mass is 16.1. The van der Waals surface area contributed by atoms with Crippen LogP contribution >= 0.6 is 0 Å². The van der Waals surface area contributed by atoms with Crippen LogP contribution in [0.4, 0.5) is 5.69 Å². The molecule has 4 nitrogen and oxygen atoms in total. The van der Waals surface area contributed by atoms with Crippen molar-refractivity contribution in [2.75, 3.05) is 11.9 Å². The van der Waals surface area contributed by atoms with Gasteiger partial charge in [-0.15, -0.1) is 0 Å². The molecule has 0 radical (unpaired) electrons. The Bertz CT molecular complexity index is 1420. The number of anilines is 1. The number of aryl methyl sites for hydroxylation is 2. The lowest BCUT2D eigenvalue weighted by molar-refractivity contribution is 0.0930. The van der Waals surface area contributed by atoms with Crippen molar-refractivity contribution in [1.29, 1.82) is 0 Å². The first kappa shape index (κ1) is 18.0. The largest absolute Gasteiger partial charge is 0.354 e. The third kappa shape index (κ3) is 2.12. The first-order valence-corrected chi connectivity index (χ1v) is 10.5. The molecule has 1 aliphatic heterocycles. The molecule has 0 bridgehead atoms. The SMILES string of the molecule is CN1c2ccccc2C(=O)C1(c1cn(C)c2ccccc12)c1cn(C)c2ccccc12. The lowest BCUT2D eigenvalue weighted by atomic mass is 9.78. The van der Waals surface area contributed by atoms with Crippen molar-refractivity contribution in [2.45, 2.75) is 5.54 Å². The fraction of sp³-hybridized carbons (Fsp3) is 0.148. The van der Waals surface area contributed by atoms with E-state index in [-0.39, 0.29) is 5.78 Å². The van der Waals surface area contributed by atoms with E-state index in [4.69, 9.17) is 0 Å². The summed E-state index contributed by atoms with van der Waals surface area (Å²) in [6, 6.07) is 24.6. The van der Waals surface area contributed by atoms with Gasteiger partial charge in [-0.3, -0.25) is 4.79 Å². The number of hydrogen-bond acceptors (Lipinski definition) is 2. The third-order valence-corrected chi connectivity index (χ3v) is 6.92. The van der Waals surface area contributed by atoms with Crippen molar-refractivity contribution in [3.05, 3.63) is 102 Å². The molecule has 3 aromatic carbocycles. The fourth-order valence-electron chi connectivity index (χ4n) is 5.50. The first-order valence-electron chi connectivity index (χ1n) is 10.5. The van der Waals surface area contributed by atoms with Crippen LogP contribution in [0.15, 0.2) is 85.2 Å². The highest BCUT2D eigenvalue weighted by Gasteiger charge is 2.54. The van der Waals surface area contributed by atoms with Crippen LogP contribution in [0.25, 0.3) is 21.8 Å². The number of para-hydroxylation sites is 3. The molecule has 0 spiro atoms. The molecule has 0 saturated heterocycles. The van der Waals surface area contributed by atoms with Crippen LogP contribution in [-0.2, 0) is 19.6 Å². The molecule has 3 heterocycles. The van der Waals surface area contributed by atoms with E-state index in [1.165, 1.54) is 0 Å². The summed E-state index contributed by atoms with van der Waals surface area (Å²) in [5.41, 5.74) is 5.07. The number of carbonyl (C=O) groups excluding carboxylic acids is 1. The molecule has 0 fully saturated rings. The van der Waals surface area contributed by atoms with Crippen LogP contribution in [0.5, 0.6) is 0 Å². The van der Waals surface area contributed by atoms with Crippen molar-refractivity contribution in [2.24, 2.45) is 14.1 Å². The first-order chi connectivity index (χ1) is 15.0. The number of benzene rings is 3. The molecule has 0 saturated carbocycles. The van der Waals surface area contributed by atoms with Crippen molar-refractivity contribution in [3.8, 4) is 0 Å². The molecule has 6 rings (SSSR count). The normalized spacial score (nSPS) is 15.2. The van der Waals surface area contributed by atoms with Crippen LogP contribution in [0, 0.1) is 0 Å². The van der Waals surface area contributed by atoms with Gasteiger partial charge in [0.1, 0.15) is 0 Å². The van der Waals surface area contributed by atoms with Gasteiger partial charge in [0.15, 0.2) is 11.3 Å². The molecule has 5 aromatic rings. The molecular formula is C27H23N3O. The summed E-state index contributed by atoms with van der Waals surface area (Å²) in [6.45, 7) is 0. The standard InChI is InChI=1S/C27H23N3O/c1-28-16-21(18-10-4-7-13-23(18)28)27(22-17-29(2)24-14-8-5-11-19(22)24)26(31)20-12-6-9-15-25(20)30(27)3/h4-17H,1-3H3. The minimum absolute atomic E-state index is 0.123. The van der Waals surface area contributed by atoms with Crippen molar-refractivity contribution in [3.63, 3.8) is 0 Å². The summed E-state index contributed by atoms with van der Waals surface area (Å²) in [7, 11) is 6.15. The number of hydrogen-bond donors (Lipinski definition) is 0. The molecule has 2 aromatic heterocycles. The summed E-state index contributed by atoms with van der Waals surface area (Å²) < 4.78 is 4.25. The predicted molar refractivity (Wildman–Crippen MR) is 126 cm³/mol. The molecule has 0 N–H and O–H groups in total. The number of rotatable bonds is 2. The monoisotopic (exact) mass is 405 g/mol. The topological polar surface area (TPSA) is 30.2 Å². The van der Waals surface area contributed by atoms with E-state index in [1.807, 2.05) is 43.4 Å². The molecular weight excluding hydrogens is 382 g/mol. The zero-order valence-electron chi connectivity index (χ0n) is 17.8. The summed E-state index contributed by atoms with van der Waals surface area (Å²) in [5.74, 6) is 0.123. The quantitative estimate of drug-likeness (QED) is 0.402. The van der Waals surface area contributed by atoms with Gasteiger partial charge < -0.3 is 14.0 Å². The average Bonchev–Trinajstić information content (AvgIpc) is 3.39. The molecule has 0 unspecified atom stereocenters. The number of aromatic nitrogens is 2. The third-order valence-electron chi connectivity index (χ3n) is 6.92. The average molecular weight is 406 g/mol. The van der Waals surface area contributed by atoms with E-state index >= 15 is 0 Å². The Balaban J connectivity index is 1.80. The molecule has 0 amide bonds. The molecule has 4 heteroatoms. The van der Waals surface area contributed by atoms with Gasteiger partial charge in [-0.25, -0.2) is 0 Å². The highest BCUT2D eigenvalue weighted by Crippen LogP contribution is 2.51. The predicted octanol–water partition coefficient (Wildman–Crippen LogP) is 5.25. The minimum Gasteiger partial charge on any atom is -0.354 e. The van der Waals surface area contributed by atoms with Gasteiger partial charge in [0.25, 0.3) is 0 Å². The Kier molecular flexibility index (Phi) is 3.55. The Morgan fingerprint density at radius 1 is 0.645 bits per heavy atom. The Labute approximate surface area is 180 Å². The van der Waals surface area contributed by atoms with Crippen LogP contribution in [0.1, 0.15) is 21.5 Å². The molecule has 152 valence electrons. The van der Waals surface area contributed by atoms with Crippen molar-refractivity contribution < 1.29 is 4.79 Å². The number of nitrogens with zero attached hydrogens (tertiary/aromatic N) is 3. The van der Waals surface area contributed by atoms with Gasteiger partial charge in [0, 0.05) is 77.7 Å². The van der Waals surface area contributed by atoms with Gasteiger partial charge >= 0.3 is 0 Å². The van der Waals surface area contributed by atoms with Crippen LogP contribution in [0.2, 0.25) is 0 Å². The van der Waals surface area contributed by atoms with Gasteiger partial charge in [0.05, 0.1) is 0 Å². The summed E-state index contributed by atoms with van der Waals surface area (Å²) in [6.07, 6.45) is 4.26. The number of ketones is 1. The highest BCUT2D eigenvalue weighted by molar-refractivity contribution is 6.19. The summed E-state index contributed by atoms with van der Waals surface area (Å²) in [4.78, 5) is 16.6. The molecule has 0 atom stereocenters. The fourth-order valence-corrected chi connectivity index (χ4v) is 5.50. The lowest BCUT2D eigenvalue weighted by Crippen LogP contribution is -2.46. The van der Waals surface area contributed by atoms with Crippen LogP contribution in [0.3, 0.4) is 0 Å². The Morgan fingerprint density at radius 3 is 1.68 bits per heavy atom. The Hall–Kier alpha value is -3.79. The van der Waals surface area contributed by atoms with Gasteiger partial charge in [-0.1, -0.05) is 48.5 Å². The number of carbonyl (C=O) groups is 1. The molecule has 0 aliphatic carbocycles. The van der Waals surface area contributed by atoms with Gasteiger partial charge in [-0.05, 0) is 24.3 Å². The number of fused-ring (bicyclic) bond motifs is 3. The van der Waals surface area contributed by atoms with E-state index in [0.717, 1.165) is 44.2 Å². The minimum atomic E-state index is -0.939. The molecule has 31 heavy (non-hydrogen) atoms. The second-order valence-electron chi connectivity index (χ2n) is 8.46. The van der Waals surface area contributed by atoms with Crippen molar-refractivity contribution >= 4 is 33.3 Å². The molecule has 1 aliphatic rings. The zero-order valence-corrected chi connectivity index (χ0v) is 17.8. The van der Waals surface area contributed by atoms with Gasteiger partial charge in [-0.2, -0.15) is 0 Å². The van der Waals surface area contributed by atoms with Crippen LogP contribution in [-0.4, -0.2) is 22.0 Å². The summed E-state index contributed by atoms with van der Waals surface area (Å²) >= 11 is 0. The lowest BCUT2D eigenvalue weighted by Gasteiger charge is -2.36. The van der Waals surface area contributed by atoms with E-state index in [1.54, 1.807) is 0 Å². The van der Waals surface area contributed by atoms with Gasteiger partial charge in [0.2, 0.25) is 0 Å². The second kappa shape index (κ2) is 6.11. The number of likely N-dealkylation sites (N-methyl/N-ethyl adjacent to an activating group) is 1. The van der Waals surface area contributed by atoms with E-state index in [0.29, 0.717) is 0 Å². The number of Topliss-reactive ketones (excluding diaryl/α,β-unsaturated/α-hetero) is 1. The smallest absolute Gasteiger partial charge is 0.199 e.